The van der Waals surface area contributed by atoms with E-state index in [1.165, 1.54) is 7.11 Å². The van der Waals surface area contributed by atoms with E-state index < -0.39 is 41.7 Å². The molecule has 36 heavy (non-hydrogen) atoms. The maximum Gasteiger partial charge on any atom is 0.408 e. The molecule has 202 valence electrons. The van der Waals surface area contributed by atoms with Crippen LogP contribution in [0, 0.1) is 5.92 Å². The van der Waals surface area contributed by atoms with Gasteiger partial charge in [-0.15, -0.1) is 0 Å². The quantitative estimate of drug-likeness (QED) is 0.211. The second-order valence-corrected chi connectivity index (χ2v) is 9.90. The third-order valence-corrected chi connectivity index (χ3v) is 4.92. The standard InChI is InChI=1S/C26H41N3O7/c1-18(2)16-21(23(31)34-6)28-22(30)20(14-10-11-15-27-24(32)36-26(3,4)5)29-25(33)35-17-19-12-8-7-9-13-19/h7-9,12-13,18,20-21H,10-11,14-17H2,1-6H3,(H,27,32)(H,28,30)(H,29,33)/t20-,21+/m0/s1. The number of hydrogen-bond acceptors (Lipinski definition) is 7. The highest BCUT2D eigenvalue weighted by molar-refractivity contribution is 5.89. The molecule has 0 fully saturated rings. The Morgan fingerprint density at radius 2 is 1.58 bits per heavy atom. The van der Waals surface area contributed by atoms with Crippen molar-refractivity contribution < 1.29 is 33.4 Å². The van der Waals surface area contributed by atoms with Crippen LogP contribution in [0.15, 0.2) is 30.3 Å². The average molecular weight is 508 g/mol. The summed E-state index contributed by atoms with van der Waals surface area (Å²) >= 11 is 0. The number of carbonyl (C=O) groups excluding carboxylic acids is 4. The summed E-state index contributed by atoms with van der Waals surface area (Å²) in [6, 6.07) is 7.40. The zero-order valence-corrected chi connectivity index (χ0v) is 22.2. The Balaban J connectivity index is 2.72. The van der Waals surface area contributed by atoms with Crippen molar-refractivity contribution in [2.45, 2.75) is 84.6 Å². The molecule has 0 saturated heterocycles. The third kappa shape index (κ3) is 13.6. The molecule has 0 aromatic heterocycles. The summed E-state index contributed by atoms with van der Waals surface area (Å²) in [7, 11) is 1.26. The Labute approximate surface area is 213 Å². The van der Waals surface area contributed by atoms with Gasteiger partial charge in [0.1, 0.15) is 24.3 Å². The number of nitrogens with one attached hydrogen (secondary N) is 3. The van der Waals surface area contributed by atoms with E-state index in [0.29, 0.717) is 25.8 Å². The summed E-state index contributed by atoms with van der Waals surface area (Å²) in [5.74, 6) is -0.928. The molecule has 10 heteroatoms. The van der Waals surface area contributed by atoms with Crippen LogP contribution in [0.5, 0.6) is 0 Å². The molecule has 0 aliphatic heterocycles. The van der Waals surface area contributed by atoms with Crippen LogP contribution in [0.4, 0.5) is 9.59 Å². The van der Waals surface area contributed by atoms with Gasteiger partial charge >= 0.3 is 18.2 Å². The fourth-order valence-corrected chi connectivity index (χ4v) is 3.25. The predicted molar refractivity (Wildman–Crippen MR) is 135 cm³/mol. The average Bonchev–Trinajstić information content (AvgIpc) is 2.80. The molecule has 0 bridgehead atoms. The van der Waals surface area contributed by atoms with E-state index in [1.807, 2.05) is 44.2 Å². The van der Waals surface area contributed by atoms with Crippen molar-refractivity contribution >= 4 is 24.1 Å². The van der Waals surface area contributed by atoms with Gasteiger partial charge < -0.3 is 30.2 Å². The molecule has 0 aliphatic rings. The minimum atomic E-state index is -0.936. The van der Waals surface area contributed by atoms with Crippen molar-refractivity contribution in [2.75, 3.05) is 13.7 Å². The predicted octanol–water partition coefficient (Wildman–Crippen LogP) is 3.68. The van der Waals surface area contributed by atoms with Crippen LogP contribution < -0.4 is 16.0 Å². The number of esters is 1. The van der Waals surface area contributed by atoms with Crippen LogP contribution in [0.3, 0.4) is 0 Å². The number of ether oxygens (including phenoxy) is 3. The van der Waals surface area contributed by atoms with Crippen LogP contribution >= 0.6 is 0 Å². The van der Waals surface area contributed by atoms with Gasteiger partial charge in [-0.3, -0.25) is 4.79 Å². The van der Waals surface area contributed by atoms with Gasteiger partial charge in [0.05, 0.1) is 7.11 Å². The molecule has 0 unspecified atom stereocenters. The summed E-state index contributed by atoms with van der Waals surface area (Å²) in [5, 5.41) is 7.95. The summed E-state index contributed by atoms with van der Waals surface area (Å²) in [4.78, 5) is 49.4. The molecule has 1 aromatic carbocycles. The molecule has 10 nitrogen and oxygen atoms in total. The van der Waals surface area contributed by atoms with E-state index in [0.717, 1.165) is 5.56 Å². The van der Waals surface area contributed by atoms with E-state index in [1.54, 1.807) is 20.8 Å². The lowest BCUT2D eigenvalue weighted by molar-refractivity contribution is -0.145. The zero-order valence-electron chi connectivity index (χ0n) is 22.2. The monoisotopic (exact) mass is 507 g/mol. The van der Waals surface area contributed by atoms with E-state index in [2.05, 4.69) is 16.0 Å². The van der Waals surface area contributed by atoms with Gasteiger partial charge in [-0.1, -0.05) is 44.2 Å². The first-order valence-corrected chi connectivity index (χ1v) is 12.2. The summed E-state index contributed by atoms with van der Waals surface area (Å²) in [6.07, 6.45) is 0.468. The van der Waals surface area contributed by atoms with Crippen LogP contribution in [-0.4, -0.2) is 55.4 Å². The van der Waals surface area contributed by atoms with Crippen LogP contribution in [-0.2, 0) is 30.4 Å². The normalized spacial score (nSPS) is 12.8. The lowest BCUT2D eigenvalue weighted by Gasteiger charge is -2.23. The fourth-order valence-electron chi connectivity index (χ4n) is 3.25. The minimum absolute atomic E-state index is 0.0545. The van der Waals surface area contributed by atoms with E-state index in [-0.39, 0.29) is 18.9 Å². The largest absolute Gasteiger partial charge is 0.467 e. The Hall–Kier alpha value is -3.30. The highest BCUT2D eigenvalue weighted by Gasteiger charge is 2.28. The van der Waals surface area contributed by atoms with E-state index in [4.69, 9.17) is 14.2 Å². The number of benzene rings is 1. The minimum Gasteiger partial charge on any atom is -0.467 e. The summed E-state index contributed by atoms with van der Waals surface area (Å²) in [6.45, 7) is 9.59. The fraction of sp³-hybridized carbons (Fsp3) is 0.615. The maximum atomic E-state index is 13.0. The molecule has 0 heterocycles. The lowest BCUT2D eigenvalue weighted by Crippen LogP contribution is -2.52. The molecule has 1 aromatic rings. The highest BCUT2D eigenvalue weighted by Crippen LogP contribution is 2.10. The molecule has 3 amide bonds. The molecular weight excluding hydrogens is 466 g/mol. The van der Waals surface area contributed by atoms with Crippen LogP contribution in [0.1, 0.15) is 65.9 Å². The molecule has 0 saturated carbocycles. The highest BCUT2D eigenvalue weighted by atomic mass is 16.6. The SMILES string of the molecule is COC(=O)[C@@H](CC(C)C)NC(=O)[C@H](CCCCNC(=O)OC(C)(C)C)NC(=O)OCc1ccccc1. The molecule has 2 atom stereocenters. The van der Waals surface area contributed by atoms with Gasteiger partial charge in [0.25, 0.3) is 0 Å². The maximum absolute atomic E-state index is 13.0. The van der Waals surface area contributed by atoms with Gasteiger partial charge in [-0.2, -0.15) is 0 Å². The van der Waals surface area contributed by atoms with Crippen molar-refractivity contribution in [1.29, 1.82) is 0 Å². The first-order chi connectivity index (χ1) is 16.9. The molecule has 3 N–H and O–H groups in total. The number of unbranched alkanes of at least 4 members (excludes halogenated alkanes) is 1. The topological polar surface area (TPSA) is 132 Å². The zero-order chi connectivity index (χ0) is 27.1. The Morgan fingerprint density at radius 3 is 2.17 bits per heavy atom. The van der Waals surface area contributed by atoms with Crippen LogP contribution in [0.25, 0.3) is 0 Å². The lowest BCUT2D eigenvalue weighted by atomic mass is 10.0. The second kappa shape index (κ2) is 15.6. The van der Waals surface area contributed by atoms with Crippen molar-refractivity contribution in [2.24, 2.45) is 5.92 Å². The smallest absolute Gasteiger partial charge is 0.408 e. The van der Waals surface area contributed by atoms with Crippen molar-refractivity contribution in [3.63, 3.8) is 0 Å². The summed E-state index contributed by atoms with van der Waals surface area (Å²) in [5.41, 5.74) is 0.216. The third-order valence-electron chi connectivity index (χ3n) is 4.92. The van der Waals surface area contributed by atoms with Gasteiger partial charge in [0.15, 0.2) is 0 Å². The number of alkyl carbamates (subject to hydrolysis) is 2. The number of methoxy groups -OCH3 is 1. The number of rotatable bonds is 13. The second-order valence-electron chi connectivity index (χ2n) is 9.90. The molecule has 0 aliphatic carbocycles. The van der Waals surface area contributed by atoms with E-state index in [9.17, 15) is 19.2 Å². The Bertz CT molecular complexity index is 838. The molecule has 1 rings (SSSR count). The van der Waals surface area contributed by atoms with Gasteiger partial charge in [-0.25, -0.2) is 14.4 Å². The van der Waals surface area contributed by atoms with E-state index >= 15 is 0 Å². The Morgan fingerprint density at radius 1 is 0.917 bits per heavy atom. The molecule has 0 radical (unpaired) electrons. The number of amides is 3. The Kier molecular flexibility index (Phi) is 13.4. The first kappa shape index (κ1) is 30.7. The van der Waals surface area contributed by atoms with Gasteiger partial charge in [0.2, 0.25) is 5.91 Å². The van der Waals surface area contributed by atoms with Gasteiger partial charge in [0, 0.05) is 6.54 Å². The first-order valence-electron chi connectivity index (χ1n) is 12.2. The molecule has 0 spiro atoms. The van der Waals surface area contributed by atoms with Crippen molar-refractivity contribution in [1.82, 2.24) is 16.0 Å². The number of carbonyl (C=O) groups is 4. The number of hydrogen-bond donors (Lipinski definition) is 3. The van der Waals surface area contributed by atoms with Gasteiger partial charge in [-0.05, 0) is 57.9 Å². The van der Waals surface area contributed by atoms with Crippen molar-refractivity contribution in [3.05, 3.63) is 35.9 Å². The molecular formula is C26H41N3O7. The van der Waals surface area contributed by atoms with Crippen LogP contribution in [0.2, 0.25) is 0 Å². The summed E-state index contributed by atoms with van der Waals surface area (Å²) < 4.78 is 15.3. The van der Waals surface area contributed by atoms with Crippen molar-refractivity contribution in [3.8, 4) is 0 Å².